The van der Waals surface area contributed by atoms with Crippen molar-refractivity contribution in [3.8, 4) is 0 Å². The Balaban J connectivity index is 2.12. The van der Waals surface area contributed by atoms with Crippen molar-refractivity contribution < 1.29 is 0 Å². The van der Waals surface area contributed by atoms with Crippen molar-refractivity contribution in [3.05, 3.63) is 36.9 Å². The van der Waals surface area contributed by atoms with E-state index in [-0.39, 0.29) is 6.04 Å². The zero-order chi connectivity index (χ0) is 13.1. The SMILES string of the molecule is Cc1sc(C(CN)N(C)Cc2cscn2)cc1Br. The Bertz CT molecular complexity index is 476. The molecule has 0 amide bonds. The third-order valence-corrected chi connectivity index (χ3v) is 5.73. The van der Waals surface area contributed by atoms with Crippen molar-refractivity contribution in [2.45, 2.75) is 19.5 Å². The van der Waals surface area contributed by atoms with Crippen LogP contribution in [-0.4, -0.2) is 23.5 Å². The largest absolute Gasteiger partial charge is 0.329 e. The van der Waals surface area contributed by atoms with Crippen LogP contribution in [0.5, 0.6) is 0 Å². The third-order valence-electron chi connectivity index (χ3n) is 2.85. The maximum atomic E-state index is 5.93. The van der Waals surface area contributed by atoms with Gasteiger partial charge in [-0.05, 0) is 36.0 Å². The first-order valence-corrected chi connectivity index (χ1v) is 8.20. The molecule has 6 heteroatoms. The Kier molecular flexibility index (Phi) is 4.91. The minimum absolute atomic E-state index is 0.252. The van der Waals surface area contributed by atoms with Crippen LogP contribution in [0.4, 0.5) is 0 Å². The highest BCUT2D eigenvalue weighted by Crippen LogP contribution is 2.32. The Labute approximate surface area is 124 Å². The molecule has 3 nitrogen and oxygen atoms in total. The molecule has 2 aromatic rings. The van der Waals surface area contributed by atoms with Gasteiger partial charge in [0.1, 0.15) is 0 Å². The molecule has 0 aliphatic rings. The van der Waals surface area contributed by atoms with Crippen LogP contribution < -0.4 is 5.73 Å². The average Bonchev–Trinajstić information content (AvgIpc) is 2.92. The van der Waals surface area contributed by atoms with Crippen LogP contribution in [0.1, 0.15) is 21.5 Å². The van der Waals surface area contributed by atoms with E-state index in [2.05, 4.69) is 51.2 Å². The molecule has 0 saturated carbocycles. The summed E-state index contributed by atoms with van der Waals surface area (Å²) in [4.78, 5) is 9.18. The molecule has 2 heterocycles. The van der Waals surface area contributed by atoms with Crippen molar-refractivity contribution in [1.82, 2.24) is 9.88 Å². The Hall–Kier alpha value is -0.270. The van der Waals surface area contributed by atoms with Gasteiger partial charge >= 0.3 is 0 Å². The molecule has 0 radical (unpaired) electrons. The second kappa shape index (κ2) is 6.25. The van der Waals surface area contributed by atoms with Gasteiger partial charge in [0.15, 0.2) is 0 Å². The van der Waals surface area contributed by atoms with Gasteiger partial charge in [-0.3, -0.25) is 4.90 Å². The molecule has 0 bridgehead atoms. The fourth-order valence-corrected chi connectivity index (χ4v) is 4.13. The first-order valence-electron chi connectivity index (χ1n) is 5.65. The zero-order valence-electron chi connectivity index (χ0n) is 10.4. The number of nitrogens with zero attached hydrogens (tertiary/aromatic N) is 2. The number of likely N-dealkylation sites (N-methyl/N-ethyl adjacent to an activating group) is 1. The lowest BCUT2D eigenvalue weighted by molar-refractivity contribution is 0.243. The highest BCUT2D eigenvalue weighted by molar-refractivity contribution is 9.10. The summed E-state index contributed by atoms with van der Waals surface area (Å²) >= 11 is 6.99. The molecule has 0 aliphatic carbocycles. The molecule has 0 aromatic carbocycles. The summed E-state index contributed by atoms with van der Waals surface area (Å²) < 4.78 is 1.17. The number of aromatic nitrogens is 1. The lowest BCUT2D eigenvalue weighted by atomic mass is 10.2. The number of thiazole rings is 1. The Morgan fingerprint density at radius 2 is 2.33 bits per heavy atom. The highest BCUT2D eigenvalue weighted by atomic mass is 79.9. The van der Waals surface area contributed by atoms with Gasteiger partial charge in [0, 0.05) is 32.7 Å². The van der Waals surface area contributed by atoms with Crippen molar-refractivity contribution >= 4 is 38.6 Å². The van der Waals surface area contributed by atoms with E-state index in [1.54, 1.807) is 22.7 Å². The van der Waals surface area contributed by atoms with E-state index in [4.69, 9.17) is 5.73 Å². The van der Waals surface area contributed by atoms with Crippen LogP contribution in [0.2, 0.25) is 0 Å². The summed E-state index contributed by atoms with van der Waals surface area (Å²) in [5.41, 5.74) is 8.90. The highest BCUT2D eigenvalue weighted by Gasteiger charge is 2.19. The van der Waals surface area contributed by atoms with Crippen LogP contribution in [0, 0.1) is 6.92 Å². The fourth-order valence-electron chi connectivity index (χ4n) is 1.84. The molecule has 1 unspecified atom stereocenters. The predicted octanol–water partition coefficient (Wildman–Crippen LogP) is 3.41. The molecule has 2 rings (SSSR count). The maximum absolute atomic E-state index is 5.93. The van der Waals surface area contributed by atoms with Gasteiger partial charge in [0.2, 0.25) is 0 Å². The molecule has 0 aliphatic heterocycles. The van der Waals surface area contributed by atoms with E-state index in [9.17, 15) is 0 Å². The summed E-state index contributed by atoms with van der Waals surface area (Å²) in [7, 11) is 2.10. The molecule has 0 fully saturated rings. The van der Waals surface area contributed by atoms with Crippen molar-refractivity contribution in [1.29, 1.82) is 0 Å². The number of thiophene rings is 1. The summed E-state index contributed by atoms with van der Waals surface area (Å²) in [5.74, 6) is 0. The van der Waals surface area contributed by atoms with Crippen molar-refractivity contribution in [3.63, 3.8) is 0 Å². The van der Waals surface area contributed by atoms with Crippen molar-refractivity contribution in [2.24, 2.45) is 5.73 Å². The van der Waals surface area contributed by atoms with Gasteiger partial charge in [-0.1, -0.05) is 0 Å². The smallest absolute Gasteiger partial charge is 0.0795 e. The summed E-state index contributed by atoms with van der Waals surface area (Å²) in [6.45, 7) is 3.57. The predicted molar refractivity (Wildman–Crippen MR) is 82.1 cm³/mol. The first kappa shape index (κ1) is 14.1. The van der Waals surface area contributed by atoms with Gasteiger partial charge in [0.05, 0.1) is 17.2 Å². The molecule has 2 N–H and O–H groups in total. The first-order chi connectivity index (χ1) is 8.61. The molecule has 1 atom stereocenters. The van der Waals surface area contributed by atoms with E-state index in [1.807, 2.05) is 5.51 Å². The molecule has 18 heavy (non-hydrogen) atoms. The number of rotatable bonds is 5. The minimum atomic E-state index is 0.252. The Morgan fingerprint density at radius 1 is 1.56 bits per heavy atom. The van der Waals surface area contributed by atoms with E-state index in [1.165, 1.54) is 14.2 Å². The van der Waals surface area contributed by atoms with Crippen LogP contribution in [0.3, 0.4) is 0 Å². The monoisotopic (exact) mass is 345 g/mol. The summed E-state index contributed by atoms with van der Waals surface area (Å²) in [6.07, 6.45) is 0. The molecule has 2 aromatic heterocycles. The second-order valence-corrected chi connectivity index (χ2v) is 7.06. The Morgan fingerprint density at radius 3 is 2.83 bits per heavy atom. The molecular weight excluding hydrogens is 330 g/mol. The topological polar surface area (TPSA) is 42.1 Å². The van der Waals surface area contributed by atoms with E-state index < -0.39 is 0 Å². The van der Waals surface area contributed by atoms with Crippen LogP contribution >= 0.6 is 38.6 Å². The molecule has 0 saturated heterocycles. The lowest BCUT2D eigenvalue weighted by Gasteiger charge is -2.25. The molecular formula is C12H16BrN3S2. The molecule has 0 spiro atoms. The third kappa shape index (κ3) is 3.19. The normalized spacial score (nSPS) is 13.2. The quantitative estimate of drug-likeness (QED) is 0.902. The van der Waals surface area contributed by atoms with E-state index in [0.717, 1.165) is 12.2 Å². The van der Waals surface area contributed by atoms with E-state index in [0.29, 0.717) is 6.54 Å². The summed E-state index contributed by atoms with van der Waals surface area (Å²) in [6, 6.07) is 2.43. The number of hydrogen-bond acceptors (Lipinski definition) is 5. The zero-order valence-corrected chi connectivity index (χ0v) is 13.6. The van der Waals surface area contributed by atoms with Gasteiger partial charge in [-0.15, -0.1) is 22.7 Å². The standard InChI is InChI=1S/C12H16BrN3S2/c1-8-10(13)3-12(18-8)11(4-14)16(2)5-9-6-17-7-15-9/h3,6-7,11H,4-5,14H2,1-2H3. The van der Waals surface area contributed by atoms with Gasteiger partial charge in [-0.2, -0.15) is 0 Å². The van der Waals surface area contributed by atoms with Crippen LogP contribution in [0.15, 0.2) is 21.4 Å². The molecule has 98 valence electrons. The fraction of sp³-hybridized carbons (Fsp3) is 0.417. The lowest BCUT2D eigenvalue weighted by Crippen LogP contribution is -2.29. The number of hydrogen-bond donors (Lipinski definition) is 1. The summed E-state index contributed by atoms with van der Waals surface area (Å²) in [5, 5.41) is 2.08. The van der Waals surface area contributed by atoms with Crippen LogP contribution in [0.25, 0.3) is 0 Å². The number of nitrogens with two attached hydrogens (primary N) is 1. The van der Waals surface area contributed by atoms with Gasteiger partial charge in [0.25, 0.3) is 0 Å². The van der Waals surface area contributed by atoms with Gasteiger partial charge < -0.3 is 5.73 Å². The average molecular weight is 346 g/mol. The minimum Gasteiger partial charge on any atom is -0.329 e. The number of halogens is 1. The second-order valence-electron chi connectivity index (χ2n) is 4.20. The van der Waals surface area contributed by atoms with Crippen molar-refractivity contribution in [2.75, 3.05) is 13.6 Å². The maximum Gasteiger partial charge on any atom is 0.0795 e. The van der Waals surface area contributed by atoms with Crippen LogP contribution in [-0.2, 0) is 6.54 Å². The van der Waals surface area contributed by atoms with E-state index >= 15 is 0 Å². The van der Waals surface area contributed by atoms with Gasteiger partial charge in [-0.25, -0.2) is 4.98 Å². The number of aryl methyl sites for hydroxylation is 1.